The van der Waals surface area contributed by atoms with Gasteiger partial charge in [0.25, 0.3) is 0 Å². The molecule has 0 heterocycles. The van der Waals surface area contributed by atoms with E-state index in [9.17, 15) is 9.18 Å². The van der Waals surface area contributed by atoms with E-state index >= 15 is 0 Å². The van der Waals surface area contributed by atoms with Gasteiger partial charge in [-0.25, -0.2) is 4.39 Å². The first-order valence-corrected chi connectivity index (χ1v) is 6.33. The van der Waals surface area contributed by atoms with E-state index in [1.54, 1.807) is 31.4 Å². The number of rotatable bonds is 6. The normalized spacial score (nSPS) is 10.2. The third kappa shape index (κ3) is 3.79. The van der Waals surface area contributed by atoms with Crippen molar-refractivity contribution in [3.8, 4) is 11.5 Å². The summed E-state index contributed by atoms with van der Waals surface area (Å²) >= 11 is 0. The minimum absolute atomic E-state index is 0.0230. The largest absolute Gasteiger partial charge is 0.497 e. The van der Waals surface area contributed by atoms with Crippen molar-refractivity contribution in [2.24, 2.45) is 0 Å². The van der Waals surface area contributed by atoms with Crippen LogP contribution in [-0.2, 0) is 6.61 Å². The number of hydrogen-bond acceptors (Lipinski definition) is 4. The van der Waals surface area contributed by atoms with Crippen LogP contribution in [0.15, 0.2) is 42.5 Å². The first kappa shape index (κ1) is 15.0. The molecule has 2 aromatic rings. The molecule has 4 nitrogen and oxygen atoms in total. The molecule has 0 atom stereocenters. The summed E-state index contributed by atoms with van der Waals surface area (Å²) in [5.74, 6) is -0.340. The van der Waals surface area contributed by atoms with Gasteiger partial charge in [-0.1, -0.05) is 12.1 Å². The molecule has 21 heavy (non-hydrogen) atoms. The van der Waals surface area contributed by atoms with E-state index in [4.69, 9.17) is 14.6 Å². The van der Waals surface area contributed by atoms with Crippen LogP contribution >= 0.6 is 0 Å². The van der Waals surface area contributed by atoms with Crippen molar-refractivity contribution in [2.45, 2.75) is 6.61 Å². The van der Waals surface area contributed by atoms with Gasteiger partial charge in [-0.3, -0.25) is 4.79 Å². The SMILES string of the molecule is COc1ccc(COc2cc(C(=O)CO)ccc2F)cc1. The van der Waals surface area contributed by atoms with Crippen molar-refractivity contribution in [3.05, 3.63) is 59.4 Å². The third-order valence-electron chi connectivity index (χ3n) is 2.95. The number of aliphatic hydroxyl groups excluding tert-OH is 1. The van der Waals surface area contributed by atoms with Crippen molar-refractivity contribution in [2.75, 3.05) is 13.7 Å². The third-order valence-corrected chi connectivity index (χ3v) is 2.95. The quantitative estimate of drug-likeness (QED) is 0.831. The van der Waals surface area contributed by atoms with Gasteiger partial charge in [-0.2, -0.15) is 0 Å². The molecule has 0 aliphatic rings. The zero-order valence-electron chi connectivity index (χ0n) is 11.5. The fraction of sp³-hybridized carbons (Fsp3) is 0.188. The molecule has 2 rings (SSSR count). The van der Waals surface area contributed by atoms with Crippen molar-refractivity contribution >= 4 is 5.78 Å². The minimum atomic E-state index is -0.621. The number of hydrogen-bond donors (Lipinski definition) is 1. The second kappa shape index (κ2) is 6.85. The van der Waals surface area contributed by atoms with Crippen molar-refractivity contribution in [1.29, 1.82) is 0 Å². The number of ketones is 1. The summed E-state index contributed by atoms with van der Waals surface area (Å²) in [6.45, 7) is -0.457. The van der Waals surface area contributed by atoms with Gasteiger partial charge in [0, 0.05) is 5.56 Å². The van der Waals surface area contributed by atoms with Gasteiger partial charge in [0.05, 0.1) is 7.11 Å². The maximum atomic E-state index is 13.6. The highest BCUT2D eigenvalue weighted by Gasteiger charge is 2.10. The summed E-state index contributed by atoms with van der Waals surface area (Å²) in [5.41, 5.74) is 1.05. The Morgan fingerprint density at radius 3 is 2.52 bits per heavy atom. The molecule has 0 fully saturated rings. The van der Waals surface area contributed by atoms with Crippen LogP contribution in [0.5, 0.6) is 11.5 Å². The summed E-state index contributed by atoms with van der Waals surface area (Å²) in [6.07, 6.45) is 0. The summed E-state index contributed by atoms with van der Waals surface area (Å²) in [4.78, 5) is 11.4. The molecule has 0 radical (unpaired) electrons. The monoisotopic (exact) mass is 290 g/mol. The molecule has 0 aromatic heterocycles. The molecule has 0 saturated heterocycles. The Bertz CT molecular complexity index is 623. The number of methoxy groups -OCH3 is 1. The van der Waals surface area contributed by atoms with Crippen LogP contribution in [0.1, 0.15) is 15.9 Å². The van der Waals surface area contributed by atoms with Gasteiger partial charge in [0.15, 0.2) is 17.3 Å². The highest BCUT2D eigenvalue weighted by atomic mass is 19.1. The summed E-state index contributed by atoms with van der Waals surface area (Å²) in [5, 5.41) is 8.81. The van der Waals surface area contributed by atoms with Gasteiger partial charge in [-0.15, -0.1) is 0 Å². The fourth-order valence-corrected chi connectivity index (χ4v) is 1.76. The summed E-state index contributed by atoms with van der Waals surface area (Å²) in [7, 11) is 1.57. The van der Waals surface area contributed by atoms with Crippen molar-refractivity contribution in [3.63, 3.8) is 0 Å². The van der Waals surface area contributed by atoms with E-state index in [2.05, 4.69) is 0 Å². The molecule has 0 aliphatic carbocycles. The Morgan fingerprint density at radius 2 is 1.90 bits per heavy atom. The van der Waals surface area contributed by atoms with E-state index in [0.29, 0.717) is 0 Å². The number of ether oxygens (including phenoxy) is 2. The van der Waals surface area contributed by atoms with E-state index in [1.807, 2.05) is 0 Å². The van der Waals surface area contributed by atoms with E-state index in [1.165, 1.54) is 12.1 Å². The lowest BCUT2D eigenvalue weighted by molar-refractivity contribution is 0.0903. The van der Waals surface area contributed by atoms with E-state index in [0.717, 1.165) is 17.4 Å². The maximum Gasteiger partial charge on any atom is 0.188 e. The van der Waals surface area contributed by atoms with Gasteiger partial charge in [0.1, 0.15) is 19.0 Å². The van der Waals surface area contributed by atoms with Crippen LogP contribution in [-0.4, -0.2) is 24.6 Å². The van der Waals surface area contributed by atoms with Gasteiger partial charge >= 0.3 is 0 Å². The van der Waals surface area contributed by atoms with E-state index < -0.39 is 18.2 Å². The van der Waals surface area contributed by atoms with Gasteiger partial charge in [0.2, 0.25) is 0 Å². The highest BCUT2D eigenvalue weighted by molar-refractivity contribution is 5.97. The topological polar surface area (TPSA) is 55.8 Å². The number of carbonyl (C=O) groups is 1. The van der Waals surface area contributed by atoms with Gasteiger partial charge in [-0.05, 0) is 35.9 Å². The lowest BCUT2D eigenvalue weighted by Crippen LogP contribution is -2.05. The molecule has 0 unspecified atom stereocenters. The molecule has 0 amide bonds. The molecule has 0 spiro atoms. The summed E-state index contributed by atoms with van der Waals surface area (Å²) in [6, 6.07) is 10.9. The Morgan fingerprint density at radius 1 is 1.19 bits per heavy atom. The van der Waals surface area contributed by atoms with E-state index in [-0.39, 0.29) is 17.9 Å². The van der Waals surface area contributed by atoms with Crippen LogP contribution in [0.2, 0.25) is 0 Å². The van der Waals surface area contributed by atoms with Crippen LogP contribution in [0.4, 0.5) is 4.39 Å². The number of halogens is 1. The Hall–Kier alpha value is -2.40. The average molecular weight is 290 g/mol. The van der Waals surface area contributed by atoms with Crippen LogP contribution < -0.4 is 9.47 Å². The second-order valence-corrected chi connectivity index (χ2v) is 4.36. The molecule has 2 aromatic carbocycles. The maximum absolute atomic E-state index is 13.6. The zero-order valence-corrected chi connectivity index (χ0v) is 11.5. The number of Topliss-reactive ketones (excluding diaryl/α,β-unsaturated/α-hetero) is 1. The molecular formula is C16H15FO4. The smallest absolute Gasteiger partial charge is 0.188 e. The molecule has 0 saturated carbocycles. The Labute approximate surface area is 121 Å². The number of carbonyl (C=O) groups excluding carboxylic acids is 1. The standard InChI is InChI=1S/C16H15FO4/c1-20-13-5-2-11(3-6-13)10-21-16-8-12(15(19)9-18)4-7-14(16)17/h2-8,18H,9-10H2,1H3. The lowest BCUT2D eigenvalue weighted by atomic mass is 10.1. The van der Waals surface area contributed by atoms with Crippen LogP contribution in [0.3, 0.4) is 0 Å². The lowest BCUT2D eigenvalue weighted by Gasteiger charge is -2.09. The van der Waals surface area contributed by atoms with Crippen molar-refractivity contribution in [1.82, 2.24) is 0 Å². The van der Waals surface area contributed by atoms with Gasteiger partial charge < -0.3 is 14.6 Å². The Kier molecular flexibility index (Phi) is 4.90. The Balaban J connectivity index is 2.09. The van der Waals surface area contributed by atoms with Crippen molar-refractivity contribution < 1.29 is 23.8 Å². The van der Waals surface area contributed by atoms with Crippen LogP contribution in [0.25, 0.3) is 0 Å². The van der Waals surface area contributed by atoms with Crippen LogP contribution in [0, 0.1) is 5.82 Å². The fourth-order valence-electron chi connectivity index (χ4n) is 1.76. The molecule has 0 aliphatic heterocycles. The first-order valence-electron chi connectivity index (χ1n) is 6.33. The summed E-state index contributed by atoms with van der Waals surface area (Å²) < 4.78 is 24.1. The predicted octanol–water partition coefficient (Wildman–Crippen LogP) is 2.59. The highest BCUT2D eigenvalue weighted by Crippen LogP contribution is 2.21. The first-order chi connectivity index (χ1) is 10.1. The minimum Gasteiger partial charge on any atom is -0.497 e. The number of benzene rings is 2. The molecule has 0 bridgehead atoms. The molecule has 110 valence electrons. The predicted molar refractivity (Wildman–Crippen MR) is 75.1 cm³/mol. The molecular weight excluding hydrogens is 275 g/mol. The zero-order chi connectivity index (χ0) is 15.2. The molecule has 1 N–H and O–H groups in total. The number of aliphatic hydroxyl groups is 1. The molecule has 5 heteroatoms. The second-order valence-electron chi connectivity index (χ2n) is 4.36. The average Bonchev–Trinajstić information content (AvgIpc) is 2.53.